The third kappa shape index (κ3) is 4.02. The second kappa shape index (κ2) is 6.03. The van der Waals surface area contributed by atoms with E-state index in [1.165, 1.54) is 5.56 Å². The highest BCUT2D eigenvalue weighted by atomic mass is 16.5. The molecule has 17 heavy (non-hydrogen) atoms. The van der Waals surface area contributed by atoms with Gasteiger partial charge in [-0.1, -0.05) is 32.9 Å². The number of aliphatic hydroxyl groups excluding tert-OH is 1. The highest BCUT2D eigenvalue weighted by molar-refractivity contribution is 5.31. The van der Waals surface area contributed by atoms with Crippen LogP contribution in [0.25, 0.3) is 0 Å². The van der Waals surface area contributed by atoms with E-state index in [-0.39, 0.29) is 5.41 Å². The number of ether oxygens (including phenoxy) is 1. The van der Waals surface area contributed by atoms with Crippen LogP contribution in [-0.4, -0.2) is 24.4 Å². The molecule has 1 rings (SSSR count). The van der Waals surface area contributed by atoms with Gasteiger partial charge in [0.15, 0.2) is 0 Å². The van der Waals surface area contributed by atoms with Crippen molar-refractivity contribution >= 4 is 0 Å². The molecule has 3 nitrogen and oxygen atoms in total. The smallest absolute Gasteiger partial charge is 0.136 e. The zero-order valence-corrected chi connectivity index (χ0v) is 11.1. The summed E-state index contributed by atoms with van der Waals surface area (Å²) in [6.45, 7) is 7.43. The van der Waals surface area contributed by atoms with Gasteiger partial charge in [-0.15, -0.1) is 0 Å². The summed E-state index contributed by atoms with van der Waals surface area (Å²) in [6, 6.07) is 8.11. The van der Waals surface area contributed by atoms with Gasteiger partial charge in [0.1, 0.15) is 25.0 Å². The molecule has 4 N–H and O–H groups in total. The topological polar surface area (TPSA) is 57.1 Å². The summed E-state index contributed by atoms with van der Waals surface area (Å²) in [6.07, 6.45) is 0.620. The first kappa shape index (κ1) is 14.0. The van der Waals surface area contributed by atoms with Gasteiger partial charge >= 0.3 is 0 Å². The van der Waals surface area contributed by atoms with Gasteiger partial charge < -0.3 is 15.6 Å². The molecule has 96 valence electrons. The molecule has 1 atom stereocenters. The summed E-state index contributed by atoms with van der Waals surface area (Å²) in [5.41, 5.74) is 5.14. The molecule has 0 heterocycles. The second-order valence-electron chi connectivity index (χ2n) is 5.02. The number of rotatable bonds is 6. The summed E-state index contributed by atoms with van der Waals surface area (Å²) in [5.74, 6) is 0.799. The van der Waals surface area contributed by atoms with Gasteiger partial charge in [-0.05, 0) is 29.5 Å². The molecule has 0 aliphatic heterocycles. The van der Waals surface area contributed by atoms with Gasteiger partial charge in [0.05, 0.1) is 0 Å². The molecule has 0 saturated carbocycles. The third-order valence-electron chi connectivity index (χ3n) is 3.30. The molecule has 0 aliphatic rings. The predicted molar refractivity (Wildman–Crippen MR) is 69.0 cm³/mol. The van der Waals surface area contributed by atoms with Crippen molar-refractivity contribution in [2.75, 3.05) is 13.2 Å². The minimum absolute atomic E-state index is 0.200. The van der Waals surface area contributed by atoms with Crippen LogP contribution in [0.2, 0.25) is 0 Å². The van der Waals surface area contributed by atoms with Crippen LogP contribution in [0.1, 0.15) is 32.8 Å². The summed E-state index contributed by atoms with van der Waals surface area (Å²) in [7, 11) is 0. The lowest BCUT2D eigenvalue weighted by Crippen LogP contribution is -2.56. The van der Waals surface area contributed by atoms with E-state index in [1.807, 2.05) is 12.1 Å². The molecule has 3 heteroatoms. The van der Waals surface area contributed by atoms with E-state index in [0.717, 1.165) is 12.2 Å². The van der Waals surface area contributed by atoms with E-state index < -0.39 is 6.10 Å². The highest BCUT2D eigenvalue weighted by Gasteiger charge is 2.17. The van der Waals surface area contributed by atoms with E-state index >= 15 is 0 Å². The fourth-order valence-corrected chi connectivity index (χ4v) is 1.48. The first-order valence-corrected chi connectivity index (χ1v) is 6.20. The van der Waals surface area contributed by atoms with E-state index in [9.17, 15) is 5.11 Å². The quantitative estimate of drug-likeness (QED) is 0.786. The molecule has 1 aromatic rings. The van der Waals surface area contributed by atoms with Crippen molar-refractivity contribution < 1.29 is 15.6 Å². The minimum Gasteiger partial charge on any atom is -0.491 e. The minimum atomic E-state index is -0.484. The van der Waals surface area contributed by atoms with Gasteiger partial charge in [0.25, 0.3) is 0 Å². The van der Waals surface area contributed by atoms with Crippen molar-refractivity contribution in [3.63, 3.8) is 0 Å². The van der Waals surface area contributed by atoms with Crippen LogP contribution >= 0.6 is 0 Å². The largest absolute Gasteiger partial charge is 0.491 e. The maximum atomic E-state index is 9.35. The zero-order chi connectivity index (χ0) is 12.9. The molecular weight excluding hydrogens is 214 g/mol. The monoisotopic (exact) mass is 238 g/mol. The maximum absolute atomic E-state index is 9.35. The average molecular weight is 238 g/mol. The van der Waals surface area contributed by atoms with Crippen LogP contribution in [-0.2, 0) is 5.41 Å². The summed E-state index contributed by atoms with van der Waals surface area (Å²) < 4.78 is 5.47. The van der Waals surface area contributed by atoms with E-state index in [0.29, 0.717) is 13.2 Å². The molecule has 0 fully saturated rings. The lowest BCUT2D eigenvalue weighted by molar-refractivity contribution is -0.384. The lowest BCUT2D eigenvalue weighted by atomic mass is 9.82. The number of benzene rings is 1. The maximum Gasteiger partial charge on any atom is 0.136 e. The molecule has 0 saturated heterocycles. The van der Waals surface area contributed by atoms with Crippen molar-refractivity contribution in [1.29, 1.82) is 0 Å². The van der Waals surface area contributed by atoms with E-state index in [1.54, 1.807) is 0 Å². The number of hydrogen-bond acceptors (Lipinski definition) is 2. The van der Waals surface area contributed by atoms with Crippen LogP contribution < -0.4 is 10.5 Å². The Bertz CT molecular complexity index is 333. The van der Waals surface area contributed by atoms with Crippen LogP contribution in [0.15, 0.2) is 24.3 Å². The normalized spacial score (nSPS) is 13.5. The molecule has 0 aliphatic carbocycles. The van der Waals surface area contributed by atoms with Gasteiger partial charge in [0.2, 0.25) is 0 Å². The van der Waals surface area contributed by atoms with Crippen LogP contribution in [0.3, 0.4) is 0 Å². The molecule has 0 spiro atoms. The Morgan fingerprint density at radius 2 is 1.88 bits per heavy atom. The first-order valence-electron chi connectivity index (χ1n) is 6.20. The summed E-state index contributed by atoms with van der Waals surface area (Å²) in [4.78, 5) is 0. The fraction of sp³-hybridized carbons (Fsp3) is 0.571. The molecule has 0 radical (unpaired) electrons. The van der Waals surface area contributed by atoms with E-state index in [4.69, 9.17) is 4.74 Å². The second-order valence-corrected chi connectivity index (χ2v) is 5.02. The van der Waals surface area contributed by atoms with Crippen molar-refractivity contribution in [2.45, 2.75) is 38.7 Å². The molecular formula is C14H24NO2+. The third-order valence-corrected chi connectivity index (χ3v) is 3.30. The highest BCUT2D eigenvalue weighted by Crippen LogP contribution is 2.27. The van der Waals surface area contributed by atoms with Gasteiger partial charge in [0, 0.05) is 0 Å². The van der Waals surface area contributed by atoms with Crippen molar-refractivity contribution in [3.05, 3.63) is 29.8 Å². The molecule has 0 unspecified atom stereocenters. The van der Waals surface area contributed by atoms with Crippen LogP contribution in [0, 0.1) is 0 Å². The van der Waals surface area contributed by atoms with Gasteiger partial charge in [-0.3, -0.25) is 0 Å². The molecule has 1 aromatic carbocycles. The predicted octanol–water partition coefficient (Wildman–Crippen LogP) is 1.36. The SMILES string of the molecule is CCC(C)(C)c1ccc(OC[C@@H](O)C[NH3+])cc1. The Morgan fingerprint density at radius 1 is 1.29 bits per heavy atom. The summed E-state index contributed by atoms with van der Waals surface area (Å²) in [5, 5.41) is 9.35. The van der Waals surface area contributed by atoms with Crippen molar-refractivity contribution in [3.8, 4) is 5.75 Å². The number of hydrogen-bond donors (Lipinski definition) is 2. The van der Waals surface area contributed by atoms with Gasteiger partial charge in [-0.25, -0.2) is 0 Å². The number of quaternary nitrogens is 1. The Balaban J connectivity index is 2.62. The first-order chi connectivity index (χ1) is 7.99. The molecule has 0 bridgehead atoms. The average Bonchev–Trinajstić information content (AvgIpc) is 2.36. The molecule has 0 amide bonds. The van der Waals surface area contributed by atoms with Crippen LogP contribution in [0.4, 0.5) is 0 Å². The Morgan fingerprint density at radius 3 is 2.35 bits per heavy atom. The standard InChI is InChI=1S/C14H23NO2/c1-4-14(2,3)11-5-7-13(8-6-11)17-10-12(16)9-15/h5-8,12,16H,4,9-10,15H2,1-3H3/p+1/t12-/m0/s1. The van der Waals surface area contributed by atoms with E-state index in [2.05, 4.69) is 38.6 Å². The van der Waals surface area contributed by atoms with Crippen LogP contribution in [0.5, 0.6) is 5.75 Å². The van der Waals surface area contributed by atoms with Crippen molar-refractivity contribution in [2.24, 2.45) is 0 Å². The zero-order valence-electron chi connectivity index (χ0n) is 11.1. The lowest BCUT2D eigenvalue weighted by Gasteiger charge is -2.23. The fourth-order valence-electron chi connectivity index (χ4n) is 1.48. The Hall–Kier alpha value is -1.06. The Labute approximate surface area is 104 Å². The number of aliphatic hydroxyl groups is 1. The molecule has 0 aromatic heterocycles. The van der Waals surface area contributed by atoms with Gasteiger partial charge in [-0.2, -0.15) is 0 Å². The Kier molecular flexibility index (Phi) is 4.97. The summed E-state index contributed by atoms with van der Waals surface area (Å²) >= 11 is 0. The van der Waals surface area contributed by atoms with Crippen molar-refractivity contribution in [1.82, 2.24) is 0 Å².